The van der Waals surface area contributed by atoms with Crippen LogP contribution in [0.2, 0.25) is 0 Å². The number of rotatable bonds is 17. The number of para-hydroxylation sites is 2. The third kappa shape index (κ3) is 10.8. The molecule has 0 N–H and O–H groups in total. The molecule has 4 rings (SSSR count). The summed E-state index contributed by atoms with van der Waals surface area (Å²) < 4.78 is 22.3. The van der Waals surface area contributed by atoms with Crippen LogP contribution in [0.15, 0.2) is 72.8 Å². The molecule has 3 aromatic carbocycles. The van der Waals surface area contributed by atoms with Crippen molar-refractivity contribution in [3.8, 4) is 11.5 Å². The van der Waals surface area contributed by atoms with E-state index in [0.29, 0.717) is 24.3 Å². The molecular formula is C37H48N2O6. The maximum atomic E-state index is 11.8. The highest BCUT2D eigenvalue weighted by atomic mass is 16.5. The fourth-order valence-electron chi connectivity index (χ4n) is 5.75. The van der Waals surface area contributed by atoms with E-state index in [2.05, 4.69) is 47.1 Å². The van der Waals surface area contributed by atoms with Crippen LogP contribution in [0.25, 0.3) is 0 Å². The van der Waals surface area contributed by atoms with Crippen molar-refractivity contribution >= 4 is 17.6 Å². The summed E-state index contributed by atoms with van der Waals surface area (Å²) in [6.45, 7) is 8.12. The Morgan fingerprint density at radius 1 is 0.800 bits per heavy atom. The van der Waals surface area contributed by atoms with Crippen LogP contribution >= 0.6 is 0 Å². The molecule has 8 heteroatoms. The number of esters is 2. The summed E-state index contributed by atoms with van der Waals surface area (Å²) in [5, 5.41) is 0. The van der Waals surface area contributed by atoms with Crippen molar-refractivity contribution < 1.29 is 28.5 Å². The number of piperazine rings is 1. The lowest BCUT2D eigenvalue weighted by molar-refractivity contribution is -0.140. The summed E-state index contributed by atoms with van der Waals surface area (Å²) in [4.78, 5) is 28.4. The van der Waals surface area contributed by atoms with Crippen molar-refractivity contribution in [2.75, 3.05) is 58.5 Å². The van der Waals surface area contributed by atoms with Gasteiger partial charge in [-0.05, 0) is 93.0 Å². The minimum Gasteiger partial charge on any atom is -0.493 e. The maximum absolute atomic E-state index is 11.8. The molecule has 0 saturated carbocycles. The molecule has 0 spiro atoms. The van der Waals surface area contributed by atoms with Gasteiger partial charge in [0.15, 0.2) is 0 Å². The van der Waals surface area contributed by atoms with E-state index >= 15 is 0 Å². The minimum atomic E-state index is -0.377. The van der Waals surface area contributed by atoms with Crippen LogP contribution in [0.1, 0.15) is 60.0 Å². The molecule has 0 aromatic heterocycles. The van der Waals surface area contributed by atoms with Gasteiger partial charge in [-0.1, -0.05) is 36.4 Å². The van der Waals surface area contributed by atoms with E-state index in [1.807, 2.05) is 18.2 Å². The number of hydrogen-bond acceptors (Lipinski definition) is 8. The normalized spacial score (nSPS) is 14.1. The van der Waals surface area contributed by atoms with Gasteiger partial charge in [0.1, 0.15) is 11.5 Å². The summed E-state index contributed by atoms with van der Waals surface area (Å²) in [5.74, 6) is 1.05. The van der Waals surface area contributed by atoms with Crippen LogP contribution in [0.5, 0.6) is 11.5 Å². The third-order valence-electron chi connectivity index (χ3n) is 8.38. The second-order valence-corrected chi connectivity index (χ2v) is 11.5. The van der Waals surface area contributed by atoms with Crippen LogP contribution in [0.3, 0.4) is 0 Å². The summed E-state index contributed by atoms with van der Waals surface area (Å²) in [5.41, 5.74) is 4.33. The molecule has 0 aliphatic carbocycles. The standard InChI is InChI=1S/C37H48N2O6/c1-29-11-4-7-14-34(29)39-26-24-38(25-27-39)23-10-28-44-35-15-8-5-12-30(35)17-20-32(13-6-9-16-36(40)42-2)45-33-21-18-31(19-22-33)37(41)43-3/h4-5,7-8,11-12,14-15,18-19,21-22,32H,6,9-10,13,16-17,20,23-28H2,1-3H3. The number of carbonyl (C=O) groups excluding carboxylic acids is 2. The molecule has 1 unspecified atom stereocenters. The van der Waals surface area contributed by atoms with E-state index in [9.17, 15) is 9.59 Å². The summed E-state index contributed by atoms with van der Waals surface area (Å²) in [6.07, 6.45) is 5.31. The smallest absolute Gasteiger partial charge is 0.337 e. The zero-order valence-corrected chi connectivity index (χ0v) is 27.0. The Bertz CT molecular complexity index is 1340. The molecule has 0 amide bonds. The average Bonchev–Trinajstić information content (AvgIpc) is 3.08. The van der Waals surface area contributed by atoms with Gasteiger partial charge in [0.05, 0.1) is 32.5 Å². The van der Waals surface area contributed by atoms with E-state index in [-0.39, 0.29) is 18.0 Å². The Labute approximate surface area is 268 Å². The molecule has 0 radical (unpaired) electrons. The SMILES string of the molecule is COC(=O)CCCCC(CCc1ccccc1OCCCN1CCN(c2ccccc2C)CC1)Oc1ccc(C(=O)OC)cc1. The van der Waals surface area contributed by atoms with Gasteiger partial charge in [-0.15, -0.1) is 0 Å². The van der Waals surface area contributed by atoms with Crippen molar-refractivity contribution in [3.63, 3.8) is 0 Å². The number of unbranched alkanes of at least 4 members (excludes halogenated alkanes) is 1. The number of anilines is 1. The molecule has 0 bridgehead atoms. The van der Waals surface area contributed by atoms with Gasteiger partial charge in [-0.3, -0.25) is 9.69 Å². The molecule has 1 fully saturated rings. The van der Waals surface area contributed by atoms with Crippen LogP contribution in [0, 0.1) is 6.92 Å². The molecular weight excluding hydrogens is 568 g/mol. The zero-order chi connectivity index (χ0) is 31.9. The van der Waals surface area contributed by atoms with Crippen LogP contribution in [-0.2, 0) is 20.7 Å². The van der Waals surface area contributed by atoms with Crippen LogP contribution in [-0.4, -0.2) is 76.5 Å². The molecule has 45 heavy (non-hydrogen) atoms. The van der Waals surface area contributed by atoms with Crippen molar-refractivity contribution in [3.05, 3.63) is 89.5 Å². The number of nitrogens with zero attached hydrogens (tertiary/aromatic N) is 2. The van der Waals surface area contributed by atoms with E-state index in [4.69, 9.17) is 18.9 Å². The van der Waals surface area contributed by atoms with Gasteiger partial charge in [0.2, 0.25) is 0 Å². The lowest BCUT2D eigenvalue weighted by Gasteiger charge is -2.36. The number of benzene rings is 3. The average molecular weight is 617 g/mol. The number of carbonyl (C=O) groups is 2. The fraction of sp³-hybridized carbons (Fsp3) is 0.459. The highest BCUT2D eigenvalue weighted by Crippen LogP contribution is 2.25. The quantitative estimate of drug-likeness (QED) is 0.126. The number of methoxy groups -OCH3 is 2. The van der Waals surface area contributed by atoms with Gasteiger partial charge in [-0.2, -0.15) is 0 Å². The lowest BCUT2D eigenvalue weighted by atomic mass is 10.0. The van der Waals surface area contributed by atoms with Crippen molar-refractivity contribution in [2.45, 2.75) is 58.0 Å². The van der Waals surface area contributed by atoms with Crippen LogP contribution in [0.4, 0.5) is 5.69 Å². The first kappa shape index (κ1) is 33.8. The van der Waals surface area contributed by atoms with E-state index in [1.54, 1.807) is 24.3 Å². The summed E-state index contributed by atoms with van der Waals surface area (Å²) in [7, 11) is 2.78. The van der Waals surface area contributed by atoms with Crippen molar-refractivity contribution in [2.24, 2.45) is 0 Å². The molecule has 1 atom stereocenters. The Balaban J connectivity index is 1.25. The predicted octanol–water partition coefficient (Wildman–Crippen LogP) is 6.49. The first-order chi connectivity index (χ1) is 22.0. The van der Waals surface area contributed by atoms with Gasteiger partial charge in [0, 0.05) is 44.8 Å². The molecule has 1 saturated heterocycles. The Morgan fingerprint density at radius 2 is 1.53 bits per heavy atom. The first-order valence-electron chi connectivity index (χ1n) is 16.1. The third-order valence-corrected chi connectivity index (χ3v) is 8.38. The number of ether oxygens (including phenoxy) is 4. The topological polar surface area (TPSA) is 77.5 Å². The van der Waals surface area contributed by atoms with Crippen molar-refractivity contribution in [1.29, 1.82) is 0 Å². The fourth-order valence-corrected chi connectivity index (χ4v) is 5.75. The molecule has 8 nitrogen and oxygen atoms in total. The highest BCUT2D eigenvalue weighted by molar-refractivity contribution is 5.89. The molecule has 3 aromatic rings. The van der Waals surface area contributed by atoms with Crippen LogP contribution < -0.4 is 14.4 Å². The van der Waals surface area contributed by atoms with Gasteiger partial charge >= 0.3 is 11.9 Å². The maximum Gasteiger partial charge on any atom is 0.337 e. The van der Waals surface area contributed by atoms with Gasteiger partial charge < -0.3 is 23.8 Å². The second kappa shape index (κ2) is 18.1. The summed E-state index contributed by atoms with van der Waals surface area (Å²) >= 11 is 0. The molecule has 1 aliphatic heterocycles. The number of hydrogen-bond donors (Lipinski definition) is 0. The molecule has 1 aliphatic rings. The molecule has 1 heterocycles. The van der Waals surface area contributed by atoms with Gasteiger partial charge in [-0.25, -0.2) is 4.79 Å². The van der Waals surface area contributed by atoms with Crippen molar-refractivity contribution in [1.82, 2.24) is 4.90 Å². The summed E-state index contributed by atoms with van der Waals surface area (Å²) in [6, 6.07) is 23.9. The molecule has 242 valence electrons. The minimum absolute atomic E-state index is 0.0574. The first-order valence-corrected chi connectivity index (χ1v) is 16.1. The monoisotopic (exact) mass is 616 g/mol. The highest BCUT2D eigenvalue weighted by Gasteiger charge is 2.18. The lowest BCUT2D eigenvalue weighted by Crippen LogP contribution is -2.47. The Hall–Kier alpha value is -4.04. The predicted molar refractivity (Wildman–Crippen MR) is 177 cm³/mol. The van der Waals surface area contributed by atoms with E-state index in [1.165, 1.54) is 25.5 Å². The van der Waals surface area contributed by atoms with E-state index in [0.717, 1.165) is 82.6 Å². The second-order valence-electron chi connectivity index (χ2n) is 11.5. The van der Waals surface area contributed by atoms with E-state index < -0.39 is 0 Å². The largest absolute Gasteiger partial charge is 0.493 e. The Kier molecular flexibility index (Phi) is 13.6. The number of aryl methyl sites for hydroxylation is 2. The Morgan fingerprint density at radius 3 is 2.27 bits per heavy atom. The van der Waals surface area contributed by atoms with Gasteiger partial charge in [0.25, 0.3) is 0 Å². The zero-order valence-electron chi connectivity index (χ0n) is 27.0.